The van der Waals surface area contributed by atoms with Crippen molar-refractivity contribution < 1.29 is 0 Å². The third-order valence-electron chi connectivity index (χ3n) is 5.30. The Balaban J connectivity index is 1.31. The molecule has 0 amide bonds. The fourth-order valence-electron chi connectivity index (χ4n) is 3.48. The van der Waals surface area contributed by atoms with E-state index in [1.807, 2.05) is 0 Å². The Labute approximate surface area is 119 Å². The molecular weight excluding hydrogens is 232 g/mol. The molecule has 0 aromatic rings. The van der Waals surface area contributed by atoms with Gasteiger partial charge in [-0.3, -0.25) is 0 Å². The maximum Gasteiger partial charge on any atom is 0.0107 e. The van der Waals surface area contributed by atoms with Crippen LogP contribution < -0.4 is 5.32 Å². The van der Waals surface area contributed by atoms with Crippen molar-refractivity contribution in [3.63, 3.8) is 0 Å². The van der Waals surface area contributed by atoms with Crippen LogP contribution >= 0.6 is 0 Å². The highest BCUT2D eigenvalue weighted by molar-refractivity contribution is 4.83. The molecule has 110 valence electrons. The third-order valence-corrected chi connectivity index (χ3v) is 5.30. The van der Waals surface area contributed by atoms with Gasteiger partial charge in [0.1, 0.15) is 0 Å². The van der Waals surface area contributed by atoms with Crippen molar-refractivity contribution in [2.24, 2.45) is 17.8 Å². The summed E-state index contributed by atoms with van der Waals surface area (Å²) >= 11 is 0. The molecule has 3 aliphatic rings. The molecule has 0 atom stereocenters. The molecule has 0 aromatic heterocycles. The summed E-state index contributed by atoms with van der Waals surface area (Å²) in [5.41, 5.74) is 0. The van der Waals surface area contributed by atoms with Crippen LogP contribution in [0.2, 0.25) is 0 Å². The molecule has 3 saturated carbocycles. The zero-order valence-electron chi connectivity index (χ0n) is 12.7. The maximum atomic E-state index is 3.82. The van der Waals surface area contributed by atoms with Crippen LogP contribution in [-0.2, 0) is 0 Å². The number of hydrogen-bond donors (Lipinski definition) is 1. The molecular formula is C17H32N2. The second kappa shape index (κ2) is 6.58. The summed E-state index contributed by atoms with van der Waals surface area (Å²) in [4.78, 5) is 2.76. The lowest BCUT2D eigenvalue weighted by molar-refractivity contribution is 0.238. The summed E-state index contributed by atoms with van der Waals surface area (Å²) in [5, 5.41) is 3.82. The van der Waals surface area contributed by atoms with E-state index < -0.39 is 0 Å². The minimum Gasteiger partial charge on any atom is -0.313 e. The first-order chi connectivity index (χ1) is 9.29. The molecule has 3 fully saturated rings. The predicted octanol–water partition coefficient (Wildman–Crippen LogP) is 3.28. The average Bonchev–Trinajstić information content (AvgIpc) is 3.27. The molecule has 0 spiro atoms. The average molecular weight is 264 g/mol. The standard InChI is InChI=1S/C17H32N2/c1-14-2-8-17(9-3-14)18-10-11-19(12-15-4-5-15)13-16-6-7-16/h14-18H,2-13H2,1H3. The molecule has 3 rings (SSSR count). The quantitative estimate of drug-likeness (QED) is 0.724. The number of hydrogen-bond acceptors (Lipinski definition) is 2. The summed E-state index contributed by atoms with van der Waals surface area (Å²) in [7, 11) is 0. The topological polar surface area (TPSA) is 15.3 Å². The van der Waals surface area contributed by atoms with Crippen LogP contribution in [0.4, 0.5) is 0 Å². The lowest BCUT2D eigenvalue weighted by atomic mass is 9.87. The molecule has 0 aliphatic heterocycles. The normalized spacial score (nSPS) is 31.9. The Hall–Kier alpha value is -0.0800. The minimum atomic E-state index is 0.819. The lowest BCUT2D eigenvalue weighted by Crippen LogP contribution is -2.40. The van der Waals surface area contributed by atoms with E-state index in [1.165, 1.54) is 77.5 Å². The SMILES string of the molecule is CC1CCC(NCCN(CC2CC2)CC2CC2)CC1. The maximum absolute atomic E-state index is 3.82. The van der Waals surface area contributed by atoms with Crippen LogP contribution in [0.15, 0.2) is 0 Å². The Morgan fingerprint density at radius 3 is 1.95 bits per heavy atom. The molecule has 0 saturated heterocycles. The summed E-state index contributed by atoms with van der Waals surface area (Å²) in [6.07, 6.45) is 11.7. The molecule has 0 heterocycles. The monoisotopic (exact) mass is 264 g/mol. The van der Waals surface area contributed by atoms with Crippen LogP contribution in [0.5, 0.6) is 0 Å². The first kappa shape index (κ1) is 13.9. The van der Waals surface area contributed by atoms with Crippen molar-refractivity contribution in [3.05, 3.63) is 0 Å². The number of nitrogens with one attached hydrogen (secondary N) is 1. The molecule has 0 radical (unpaired) electrons. The van der Waals surface area contributed by atoms with Gasteiger partial charge in [0.05, 0.1) is 0 Å². The Morgan fingerprint density at radius 1 is 0.842 bits per heavy atom. The molecule has 3 aliphatic carbocycles. The minimum absolute atomic E-state index is 0.819. The fourth-order valence-corrected chi connectivity index (χ4v) is 3.48. The Morgan fingerprint density at radius 2 is 1.42 bits per heavy atom. The number of nitrogens with zero attached hydrogens (tertiary/aromatic N) is 1. The van der Waals surface area contributed by atoms with E-state index in [0.29, 0.717) is 0 Å². The van der Waals surface area contributed by atoms with Gasteiger partial charge in [-0.25, -0.2) is 0 Å². The smallest absolute Gasteiger partial charge is 0.0107 e. The van der Waals surface area contributed by atoms with Gasteiger partial charge in [-0.1, -0.05) is 6.92 Å². The Kier molecular flexibility index (Phi) is 4.81. The summed E-state index contributed by atoms with van der Waals surface area (Å²) in [6, 6.07) is 0.819. The molecule has 2 heteroatoms. The van der Waals surface area contributed by atoms with Crippen LogP contribution in [0, 0.1) is 17.8 Å². The Bertz CT molecular complexity index is 248. The van der Waals surface area contributed by atoms with Crippen LogP contribution in [-0.4, -0.2) is 37.1 Å². The molecule has 19 heavy (non-hydrogen) atoms. The van der Waals surface area contributed by atoms with E-state index in [2.05, 4.69) is 17.1 Å². The van der Waals surface area contributed by atoms with Crippen molar-refractivity contribution in [1.82, 2.24) is 10.2 Å². The van der Waals surface area contributed by atoms with Gasteiger partial charge >= 0.3 is 0 Å². The van der Waals surface area contributed by atoms with Gasteiger partial charge in [-0.15, -0.1) is 0 Å². The first-order valence-corrected chi connectivity index (χ1v) is 8.75. The summed E-state index contributed by atoms with van der Waals surface area (Å²) < 4.78 is 0. The van der Waals surface area contributed by atoms with E-state index in [9.17, 15) is 0 Å². The molecule has 1 N–H and O–H groups in total. The third kappa shape index (κ3) is 5.07. The largest absolute Gasteiger partial charge is 0.313 e. The van der Waals surface area contributed by atoms with Gasteiger partial charge in [-0.05, 0) is 69.1 Å². The molecule has 2 nitrogen and oxygen atoms in total. The van der Waals surface area contributed by atoms with Gasteiger partial charge in [0.15, 0.2) is 0 Å². The highest BCUT2D eigenvalue weighted by Gasteiger charge is 2.29. The highest BCUT2D eigenvalue weighted by Crippen LogP contribution is 2.33. The van der Waals surface area contributed by atoms with Crippen LogP contribution in [0.3, 0.4) is 0 Å². The van der Waals surface area contributed by atoms with E-state index in [4.69, 9.17) is 0 Å². The molecule has 0 aromatic carbocycles. The van der Waals surface area contributed by atoms with E-state index >= 15 is 0 Å². The van der Waals surface area contributed by atoms with Crippen molar-refractivity contribution in [1.29, 1.82) is 0 Å². The van der Waals surface area contributed by atoms with Gasteiger partial charge in [0.2, 0.25) is 0 Å². The van der Waals surface area contributed by atoms with Crippen molar-refractivity contribution in [2.45, 2.75) is 64.3 Å². The van der Waals surface area contributed by atoms with Crippen molar-refractivity contribution in [2.75, 3.05) is 26.2 Å². The van der Waals surface area contributed by atoms with Gasteiger partial charge in [0, 0.05) is 32.2 Å². The summed E-state index contributed by atoms with van der Waals surface area (Å²) in [6.45, 7) is 7.69. The molecule has 0 bridgehead atoms. The van der Waals surface area contributed by atoms with E-state index in [-0.39, 0.29) is 0 Å². The first-order valence-electron chi connectivity index (χ1n) is 8.75. The lowest BCUT2D eigenvalue weighted by Gasteiger charge is -2.29. The van der Waals surface area contributed by atoms with E-state index in [1.54, 1.807) is 0 Å². The second-order valence-corrected chi connectivity index (χ2v) is 7.56. The van der Waals surface area contributed by atoms with Gasteiger partial charge in [-0.2, -0.15) is 0 Å². The second-order valence-electron chi connectivity index (χ2n) is 7.56. The zero-order chi connectivity index (χ0) is 13.1. The van der Waals surface area contributed by atoms with E-state index in [0.717, 1.165) is 23.8 Å². The van der Waals surface area contributed by atoms with Crippen molar-refractivity contribution in [3.8, 4) is 0 Å². The number of rotatable bonds is 8. The van der Waals surface area contributed by atoms with Gasteiger partial charge < -0.3 is 10.2 Å². The van der Waals surface area contributed by atoms with Crippen LogP contribution in [0.1, 0.15) is 58.3 Å². The molecule has 0 unspecified atom stereocenters. The summed E-state index contributed by atoms with van der Waals surface area (Å²) in [5.74, 6) is 3.07. The van der Waals surface area contributed by atoms with Gasteiger partial charge in [0.25, 0.3) is 0 Å². The fraction of sp³-hybridized carbons (Fsp3) is 1.00. The predicted molar refractivity (Wildman–Crippen MR) is 81.3 cm³/mol. The zero-order valence-corrected chi connectivity index (χ0v) is 12.7. The highest BCUT2D eigenvalue weighted by atomic mass is 15.1. The van der Waals surface area contributed by atoms with Crippen molar-refractivity contribution >= 4 is 0 Å². The van der Waals surface area contributed by atoms with Crippen LogP contribution in [0.25, 0.3) is 0 Å².